The quantitative estimate of drug-likeness (QED) is 0.260. The first-order chi connectivity index (χ1) is 19.3. The Balaban J connectivity index is 1.43. The number of nitrogens with two attached hydrogens (primary N) is 1. The number of halogens is 1. The number of thioether (sulfide) groups is 1. The summed E-state index contributed by atoms with van der Waals surface area (Å²) >= 11 is 8.48. The summed E-state index contributed by atoms with van der Waals surface area (Å²) in [5, 5.41) is 22.2. The van der Waals surface area contributed by atoms with Gasteiger partial charge in [0.25, 0.3) is 0 Å². The Labute approximate surface area is 245 Å². The number of allylic oxidation sites excluding steroid dienone is 3. The van der Waals surface area contributed by atoms with Crippen molar-refractivity contribution >= 4 is 57.2 Å². The number of hydrogen-bond donors (Lipinski definition) is 2. The van der Waals surface area contributed by atoms with Crippen molar-refractivity contribution in [3.8, 4) is 6.07 Å². The van der Waals surface area contributed by atoms with Crippen LogP contribution in [0, 0.1) is 11.3 Å². The molecular formula is C28H26ClN7O2S2. The van der Waals surface area contributed by atoms with Crippen molar-refractivity contribution in [2.75, 3.05) is 16.0 Å². The summed E-state index contributed by atoms with van der Waals surface area (Å²) in [6, 6.07) is 13.7. The fourth-order valence-corrected chi connectivity index (χ4v) is 6.70. The van der Waals surface area contributed by atoms with E-state index in [4.69, 9.17) is 17.3 Å². The molecule has 40 heavy (non-hydrogen) atoms. The number of nitrogens with one attached hydrogen (secondary N) is 1. The second-order valence-corrected chi connectivity index (χ2v) is 12.2. The van der Waals surface area contributed by atoms with Crippen LogP contribution in [0.15, 0.2) is 69.6 Å². The molecule has 0 bridgehead atoms. The van der Waals surface area contributed by atoms with Crippen LogP contribution in [0.25, 0.3) is 0 Å². The Hall–Kier alpha value is -3.72. The first-order valence-corrected chi connectivity index (χ1v) is 14.9. The summed E-state index contributed by atoms with van der Waals surface area (Å²) in [4.78, 5) is 31.4. The van der Waals surface area contributed by atoms with Crippen LogP contribution in [0.1, 0.15) is 56.1 Å². The predicted octanol–water partition coefficient (Wildman–Crippen LogP) is 5.75. The molecule has 3 N–H and O–H groups in total. The van der Waals surface area contributed by atoms with Gasteiger partial charge < -0.3 is 11.1 Å². The zero-order valence-electron chi connectivity index (χ0n) is 21.8. The number of ketones is 1. The molecule has 1 unspecified atom stereocenters. The van der Waals surface area contributed by atoms with E-state index >= 15 is 0 Å². The molecule has 9 nitrogen and oxygen atoms in total. The lowest BCUT2D eigenvalue weighted by molar-refractivity contribution is -0.116. The number of amides is 1. The lowest BCUT2D eigenvalue weighted by Crippen LogP contribution is -2.38. The van der Waals surface area contributed by atoms with Gasteiger partial charge >= 0.3 is 0 Å². The van der Waals surface area contributed by atoms with Gasteiger partial charge in [0.1, 0.15) is 5.82 Å². The highest BCUT2D eigenvalue weighted by molar-refractivity contribution is 8.01. The lowest BCUT2D eigenvalue weighted by atomic mass is 9.75. The van der Waals surface area contributed by atoms with Gasteiger partial charge in [0, 0.05) is 23.9 Å². The SMILES string of the molecule is CC(C)c1ccc(C2C(C#N)=C(N)N(c3nnc(SCC(=O)Nc4cccnc4Cl)s3)C3=C2C(=O)CCC3)cc1. The van der Waals surface area contributed by atoms with Crippen molar-refractivity contribution in [2.45, 2.75) is 49.3 Å². The average molecular weight is 592 g/mol. The maximum atomic E-state index is 13.3. The maximum Gasteiger partial charge on any atom is 0.234 e. The molecule has 1 atom stereocenters. The first kappa shape index (κ1) is 27.8. The highest BCUT2D eigenvalue weighted by atomic mass is 35.5. The molecule has 0 radical (unpaired) electrons. The molecule has 0 spiro atoms. The summed E-state index contributed by atoms with van der Waals surface area (Å²) < 4.78 is 0.546. The van der Waals surface area contributed by atoms with Crippen molar-refractivity contribution < 1.29 is 9.59 Å². The zero-order valence-corrected chi connectivity index (χ0v) is 24.2. The highest BCUT2D eigenvalue weighted by Crippen LogP contribution is 2.47. The molecule has 2 aliphatic rings. The van der Waals surface area contributed by atoms with E-state index in [1.807, 2.05) is 24.3 Å². The average Bonchev–Trinajstić information content (AvgIpc) is 3.41. The molecule has 0 fully saturated rings. The van der Waals surface area contributed by atoms with Gasteiger partial charge in [-0.1, -0.05) is 72.8 Å². The standard InChI is InChI=1S/C28H26ClN7O2S2/c1-15(2)16-8-10-17(11-9-16)23-18(13-30)26(31)36(20-6-3-7-21(37)24(20)23)27-34-35-28(40-27)39-14-22(38)33-19-5-4-12-32-25(19)29/h4-5,8-12,15,23H,3,6-7,14,31H2,1-2H3,(H,33,38). The summed E-state index contributed by atoms with van der Waals surface area (Å²) in [5.41, 5.74) is 10.8. The van der Waals surface area contributed by atoms with Gasteiger partial charge in [-0.05, 0) is 42.0 Å². The van der Waals surface area contributed by atoms with E-state index in [1.165, 1.54) is 28.7 Å². The van der Waals surface area contributed by atoms with Gasteiger partial charge in [-0.3, -0.25) is 14.5 Å². The van der Waals surface area contributed by atoms with E-state index in [-0.39, 0.29) is 28.4 Å². The molecule has 3 heterocycles. The van der Waals surface area contributed by atoms with Crippen LogP contribution in [0.2, 0.25) is 5.15 Å². The minimum absolute atomic E-state index is 0.00860. The molecule has 1 aliphatic heterocycles. The third-order valence-electron chi connectivity index (χ3n) is 6.80. The summed E-state index contributed by atoms with van der Waals surface area (Å²) in [5.74, 6) is -0.109. The molecule has 0 saturated carbocycles. The summed E-state index contributed by atoms with van der Waals surface area (Å²) in [7, 11) is 0. The van der Waals surface area contributed by atoms with Gasteiger partial charge in [-0.2, -0.15) is 5.26 Å². The Morgan fingerprint density at radius 1 is 1.27 bits per heavy atom. The summed E-state index contributed by atoms with van der Waals surface area (Å²) in [6.07, 6.45) is 3.26. The minimum atomic E-state index is -0.532. The Morgan fingerprint density at radius 2 is 2.05 bits per heavy atom. The minimum Gasteiger partial charge on any atom is -0.384 e. The van der Waals surface area contributed by atoms with Crippen LogP contribution >= 0.6 is 34.7 Å². The topological polar surface area (TPSA) is 138 Å². The van der Waals surface area contributed by atoms with Crippen LogP contribution in [0.3, 0.4) is 0 Å². The Kier molecular flexibility index (Phi) is 8.21. The van der Waals surface area contributed by atoms with Crippen LogP contribution in [-0.2, 0) is 9.59 Å². The van der Waals surface area contributed by atoms with Gasteiger partial charge in [0.05, 0.1) is 29.0 Å². The molecule has 1 aliphatic carbocycles. The van der Waals surface area contributed by atoms with Crippen molar-refractivity contribution in [3.63, 3.8) is 0 Å². The second-order valence-electron chi connectivity index (χ2n) is 9.67. The number of hydrogen-bond acceptors (Lipinski definition) is 10. The van der Waals surface area contributed by atoms with E-state index in [9.17, 15) is 14.9 Å². The fraction of sp³-hybridized carbons (Fsp3) is 0.286. The molecule has 2 aromatic heterocycles. The van der Waals surface area contributed by atoms with E-state index < -0.39 is 5.92 Å². The van der Waals surface area contributed by atoms with E-state index in [0.29, 0.717) is 51.5 Å². The van der Waals surface area contributed by atoms with Crippen molar-refractivity contribution in [3.05, 3.63) is 81.5 Å². The van der Waals surface area contributed by atoms with Gasteiger partial charge in [-0.25, -0.2) is 4.98 Å². The largest absolute Gasteiger partial charge is 0.384 e. The molecule has 0 saturated heterocycles. The highest BCUT2D eigenvalue weighted by Gasteiger charge is 2.41. The number of pyridine rings is 1. The number of Topliss-reactive ketones (excluding diaryl/α,β-unsaturated/α-hetero) is 1. The van der Waals surface area contributed by atoms with E-state index in [1.54, 1.807) is 23.2 Å². The number of benzene rings is 1. The fourth-order valence-electron chi connectivity index (χ4n) is 4.86. The third-order valence-corrected chi connectivity index (χ3v) is 9.14. The van der Waals surface area contributed by atoms with Crippen LogP contribution < -0.4 is 16.0 Å². The smallest absolute Gasteiger partial charge is 0.234 e. The van der Waals surface area contributed by atoms with E-state index in [0.717, 1.165) is 11.3 Å². The lowest BCUT2D eigenvalue weighted by Gasteiger charge is -2.38. The normalized spacial score (nSPS) is 17.2. The van der Waals surface area contributed by atoms with Crippen LogP contribution in [0.5, 0.6) is 0 Å². The Morgan fingerprint density at radius 3 is 2.75 bits per heavy atom. The predicted molar refractivity (Wildman–Crippen MR) is 157 cm³/mol. The number of rotatable bonds is 7. The number of anilines is 2. The molecule has 1 aromatic carbocycles. The molecule has 1 amide bonds. The van der Waals surface area contributed by atoms with Gasteiger partial charge in [0.2, 0.25) is 11.0 Å². The second kappa shape index (κ2) is 11.8. The first-order valence-electron chi connectivity index (χ1n) is 12.7. The van der Waals surface area contributed by atoms with Crippen molar-refractivity contribution in [1.82, 2.24) is 15.2 Å². The molecule has 12 heteroatoms. The molecule has 3 aromatic rings. The molecule has 204 valence electrons. The number of carbonyl (C=O) groups excluding carboxylic acids is 2. The maximum absolute atomic E-state index is 13.3. The molecular weight excluding hydrogens is 566 g/mol. The van der Waals surface area contributed by atoms with Gasteiger partial charge in [0.15, 0.2) is 15.3 Å². The van der Waals surface area contributed by atoms with Crippen molar-refractivity contribution in [2.24, 2.45) is 5.73 Å². The van der Waals surface area contributed by atoms with Crippen LogP contribution in [0.4, 0.5) is 10.8 Å². The van der Waals surface area contributed by atoms with Crippen molar-refractivity contribution in [1.29, 1.82) is 5.26 Å². The summed E-state index contributed by atoms with van der Waals surface area (Å²) in [6.45, 7) is 4.24. The third kappa shape index (κ3) is 5.47. The number of aromatic nitrogens is 3. The Bertz CT molecular complexity index is 1570. The van der Waals surface area contributed by atoms with E-state index in [2.05, 4.69) is 40.4 Å². The monoisotopic (exact) mass is 591 g/mol. The number of nitriles is 1. The number of nitrogens with zero attached hydrogens (tertiary/aromatic N) is 5. The molecule has 5 rings (SSSR count). The van der Waals surface area contributed by atoms with Crippen LogP contribution in [-0.4, -0.2) is 32.6 Å². The van der Waals surface area contributed by atoms with Gasteiger partial charge in [-0.15, -0.1) is 10.2 Å². The zero-order chi connectivity index (χ0) is 28.4. The number of carbonyl (C=O) groups is 2.